The van der Waals surface area contributed by atoms with Crippen molar-refractivity contribution in [3.05, 3.63) is 65.7 Å². The lowest BCUT2D eigenvalue weighted by molar-refractivity contribution is -0.124. The van der Waals surface area contributed by atoms with Gasteiger partial charge in [0.25, 0.3) is 0 Å². The highest BCUT2D eigenvalue weighted by atomic mass is 16.3. The third-order valence-corrected chi connectivity index (χ3v) is 8.86. The Labute approximate surface area is 203 Å². The van der Waals surface area contributed by atoms with Crippen molar-refractivity contribution >= 4 is 5.69 Å². The third kappa shape index (κ3) is 3.81. The molecule has 0 radical (unpaired) electrons. The van der Waals surface area contributed by atoms with Crippen LogP contribution in [0.4, 0.5) is 5.69 Å². The molecule has 1 atom stereocenters. The highest BCUT2D eigenvalue weighted by Crippen LogP contribution is 2.51. The van der Waals surface area contributed by atoms with Crippen LogP contribution in [-0.4, -0.2) is 64.7 Å². The molecule has 5 rings (SSSR count). The molecule has 1 aliphatic heterocycles. The van der Waals surface area contributed by atoms with Crippen LogP contribution in [0.1, 0.15) is 56.1 Å². The largest absolute Gasteiger partial charge is 0.389 e. The van der Waals surface area contributed by atoms with Gasteiger partial charge in [-0.25, -0.2) is 0 Å². The molecule has 3 fully saturated rings. The average Bonchev–Trinajstić information content (AvgIpc) is 3.10. The minimum atomic E-state index is -0.817. The summed E-state index contributed by atoms with van der Waals surface area (Å²) in [6, 6.07) is 20.5. The summed E-state index contributed by atoms with van der Waals surface area (Å²) in [5.74, 6) is 0. The molecule has 2 saturated carbocycles. The Kier molecular flexibility index (Phi) is 5.94. The molecule has 1 heterocycles. The molecule has 0 aromatic heterocycles. The first kappa shape index (κ1) is 23.3. The van der Waals surface area contributed by atoms with Crippen LogP contribution in [0.3, 0.4) is 0 Å². The number of nitriles is 1. The van der Waals surface area contributed by atoms with Gasteiger partial charge in [-0.2, -0.15) is 5.26 Å². The van der Waals surface area contributed by atoms with E-state index >= 15 is 0 Å². The quantitative estimate of drug-likeness (QED) is 0.710. The normalized spacial score (nSPS) is 30.9. The van der Waals surface area contributed by atoms with Crippen molar-refractivity contribution in [3.8, 4) is 6.07 Å². The maximum Gasteiger partial charge on any atom is 0.187 e. The van der Waals surface area contributed by atoms with E-state index in [0.29, 0.717) is 18.7 Å². The molecular weight excluding hydrogens is 424 g/mol. The van der Waals surface area contributed by atoms with Crippen LogP contribution < -0.4 is 4.90 Å². The molecule has 2 N–H and O–H groups in total. The second-order valence-corrected chi connectivity index (χ2v) is 10.9. The molecule has 3 aliphatic rings. The van der Waals surface area contributed by atoms with Crippen LogP contribution in [0.5, 0.6) is 0 Å². The second-order valence-electron chi connectivity index (χ2n) is 10.9. The second kappa shape index (κ2) is 8.66. The van der Waals surface area contributed by atoms with Crippen molar-refractivity contribution in [1.29, 1.82) is 5.26 Å². The van der Waals surface area contributed by atoms with E-state index in [1.807, 2.05) is 23.1 Å². The summed E-state index contributed by atoms with van der Waals surface area (Å²) in [6.07, 6.45) is 5.64. The summed E-state index contributed by atoms with van der Waals surface area (Å²) in [6.45, 7) is 1.18. The summed E-state index contributed by atoms with van der Waals surface area (Å²) in [5.41, 5.74) is 1.83. The van der Waals surface area contributed by atoms with Crippen LogP contribution in [0.25, 0.3) is 0 Å². The Balaban J connectivity index is 1.47. The van der Waals surface area contributed by atoms with Gasteiger partial charge in [-0.3, -0.25) is 9.80 Å². The summed E-state index contributed by atoms with van der Waals surface area (Å²) in [5, 5.41) is 32.1. The Morgan fingerprint density at radius 1 is 1.00 bits per heavy atom. The highest BCUT2D eigenvalue weighted by Gasteiger charge is 2.56. The minimum absolute atomic E-state index is 0.0371. The predicted molar refractivity (Wildman–Crippen MR) is 133 cm³/mol. The van der Waals surface area contributed by atoms with Gasteiger partial charge in [0, 0.05) is 29.9 Å². The lowest BCUT2D eigenvalue weighted by atomic mass is 9.67. The maximum absolute atomic E-state index is 11.6. The van der Waals surface area contributed by atoms with Gasteiger partial charge < -0.3 is 15.1 Å². The molecule has 180 valence electrons. The summed E-state index contributed by atoms with van der Waals surface area (Å²) >= 11 is 0. The van der Waals surface area contributed by atoms with E-state index in [1.54, 1.807) is 6.07 Å². The van der Waals surface area contributed by atoms with Crippen LogP contribution >= 0.6 is 0 Å². The van der Waals surface area contributed by atoms with Gasteiger partial charge in [-0.05, 0) is 82.8 Å². The topological polar surface area (TPSA) is 74.0 Å². The fourth-order valence-corrected chi connectivity index (χ4v) is 6.51. The zero-order chi connectivity index (χ0) is 24.0. The summed E-state index contributed by atoms with van der Waals surface area (Å²) < 4.78 is 0. The zero-order valence-electron chi connectivity index (χ0n) is 20.3. The summed E-state index contributed by atoms with van der Waals surface area (Å²) in [4.78, 5) is 6.56. The number of anilines is 1. The van der Waals surface area contributed by atoms with Gasteiger partial charge in [-0.15, -0.1) is 0 Å². The Bertz CT molecular complexity index is 1050. The van der Waals surface area contributed by atoms with Gasteiger partial charge in [0.2, 0.25) is 0 Å². The third-order valence-electron chi connectivity index (χ3n) is 8.86. The van der Waals surface area contributed by atoms with Crippen molar-refractivity contribution in [1.82, 2.24) is 9.80 Å². The number of aliphatic hydroxyl groups is 2. The smallest absolute Gasteiger partial charge is 0.187 e. The van der Waals surface area contributed by atoms with E-state index in [2.05, 4.69) is 60.3 Å². The summed E-state index contributed by atoms with van der Waals surface area (Å²) in [7, 11) is 4.34. The van der Waals surface area contributed by atoms with Gasteiger partial charge in [0.1, 0.15) is 0 Å². The molecular formula is C28H36N4O2. The van der Waals surface area contributed by atoms with Gasteiger partial charge in [0.05, 0.1) is 17.2 Å². The lowest BCUT2D eigenvalue weighted by Crippen LogP contribution is -2.60. The maximum atomic E-state index is 11.6. The number of β-amino-alcohol motifs (C(OH)–C–C–N with tert-alkyl or cyclic N) is 1. The molecule has 1 unspecified atom stereocenters. The Morgan fingerprint density at radius 2 is 1.71 bits per heavy atom. The minimum Gasteiger partial charge on any atom is -0.389 e. The highest BCUT2D eigenvalue weighted by molar-refractivity contribution is 5.53. The van der Waals surface area contributed by atoms with E-state index in [1.165, 1.54) is 5.56 Å². The standard InChI is InChI=1S/C28H36N4O2/c1-30(2)28(23-9-4-3-5-10-23)16-14-26(15-17-28)20-31(24-11-6-8-22(18-24)19-29)25(33)32(26)21-27(34)12-7-13-27/h3-6,8-11,18,25,33-34H,7,12-17,20-21H2,1-2H3/t25?,26-,28+. The van der Waals surface area contributed by atoms with Gasteiger partial charge in [-0.1, -0.05) is 36.4 Å². The van der Waals surface area contributed by atoms with Crippen LogP contribution in [0, 0.1) is 11.3 Å². The molecule has 6 heteroatoms. The molecule has 34 heavy (non-hydrogen) atoms. The van der Waals surface area contributed by atoms with Crippen molar-refractivity contribution < 1.29 is 10.2 Å². The predicted octanol–water partition coefficient (Wildman–Crippen LogP) is 3.64. The first-order chi connectivity index (χ1) is 16.3. The van der Waals surface area contributed by atoms with E-state index in [4.69, 9.17) is 0 Å². The number of hydrogen-bond acceptors (Lipinski definition) is 6. The van der Waals surface area contributed by atoms with E-state index in [-0.39, 0.29) is 11.1 Å². The number of benzene rings is 2. The van der Waals surface area contributed by atoms with Crippen LogP contribution in [0.15, 0.2) is 54.6 Å². The van der Waals surface area contributed by atoms with Crippen LogP contribution in [0.2, 0.25) is 0 Å². The number of nitrogens with zero attached hydrogens (tertiary/aromatic N) is 4. The van der Waals surface area contributed by atoms with Gasteiger partial charge in [0.15, 0.2) is 6.35 Å². The first-order valence-electron chi connectivity index (χ1n) is 12.5. The molecule has 0 amide bonds. The van der Waals surface area contributed by atoms with E-state index in [9.17, 15) is 15.5 Å². The number of aliphatic hydroxyl groups excluding tert-OH is 1. The molecule has 2 aromatic rings. The van der Waals surface area contributed by atoms with Crippen molar-refractivity contribution in [2.45, 2.75) is 68.0 Å². The van der Waals surface area contributed by atoms with Crippen molar-refractivity contribution in [2.24, 2.45) is 0 Å². The SMILES string of the molecule is CN(C)[C@]1(c2ccccc2)CC[C@]2(CC1)CN(c1cccc(C#N)c1)C(O)N2CC1(O)CCC1. The number of hydrogen-bond donors (Lipinski definition) is 2. The van der Waals surface area contributed by atoms with E-state index < -0.39 is 12.0 Å². The van der Waals surface area contributed by atoms with Crippen molar-refractivity contribution in [2.75, 3.05) is 32.1 Å². The fourth-order valence-electron chi connectivity index (χ4n) is 6.51. The number of rotatable bonds is 5. The van der Waals surface area contributed by atoms with Crippen molar-refractivity contribution in [3.63, 3.8) is 0 Å². The van der Waals surface area contributed by atoms with Crippen LogP contribution in [-0.2, 0) is 5.54 Å². The molecule has 2 aromatic carbocycles. The molecule has 1 saturated heterocycles. The van der Waals surface area contributed by atoms with Gasteiger partial charge >= 0.3 is 0 Å². The molecule has 1 spiro atoms. The first-order valence-corrected chi connectivity index (χ1v) is 12.5. The van der Waals surface area contributed by atoms with E-state index in [0.717, 1.165) is 50.6 Å². The molecule has 0 bridgehead atoms. The average molecular weight is 461 g/mol. The molecule has 6 nitrogen and oxygen atoms in total. The Morgan fingerprint density at radius 3 is 2.29 bits per heavy atom. The molecule has 2 aliphatic carbocycles. The fraction of sp³-hybridized carbons (Fsp3) is 0.536. The Hall–Kier alpha value is -2.43. The monoisotopic (exact) mass is 460 g/mol. The zero-order valence-corrected chi connectivity index (χ0v) is 20.3. The lowest BCUT2D eigenvalue weighted by Gasteiger charge is -2.53.